The summed E-state index contributed by atoms with van der Waals surface area (Å²) in [5.74, 6) is -3.22. The molecule has 2 aromatic heterocycles. The van der Waals surface area contributed by atoms with Gasteiger partial charge in [-0.2, -0.15) is 9.61 Å². The molecule has 0 amide bonds. The van der Waals surface area contributed by atoms with Crippen molar-refractivity contribution in [1.82, 2.24) is 14.2 Å². The van der Waals surface area contributed by atoms with Crippen LogP contribution in [0.2, 0.25) is 0 Å². The third-order valence-electron chi connectivity index (χ3n) is 3.98. The first-order valence-electron chi connectivity index (χ1n) is 7.71. The molecule has 1 aromatic carbocycles. The molecule has 0 radical (unpaired) electrons. The Bertz CT molecular complexity index is 1100. The molecule has 0 aliphatic carbocycles. The second kappa shape index (κ2) is 6.25. The van der Waals surface area contributed by atoms with Gasteiger partial charge < -0.3 is 9.84 Å². The zero-order valence-corrected chi connectivity index (χ0v) is 14.2. The van der Waals surface area contributed by atoms with Gasteiger partial charge in [0.05, 0.1) is 17.9 Å². The van der Waals surface area contributed by atoms with Gasteiger partial charge in [0, 0.05) is 18.7 Å². The number of halogens is 2. The van der Waals surface area contributed by atoms with E-state index in [2.05, 4.69) is 5.10 Å². The van der Waals surface area contributed by atoms with Crippen LogP contribution < -0.4 is 5.56 Å². The average Bonchev–Trinajstić information content (AvgIpc) is 2.91. The predicted octanol–water partition coefficient (Wildman–Crippen LogP) is 2.17. The van der Waals surface area contributed by atoms with Crippen LogP contribution >= 0.6 is 0 Å². The van der Waals surface area contributed by atoms with E-state index in [0.717, 1.165) is 15.1 Å². The van der Waals surface area contributed by atoms with Crippen LogP contribution in [0.1, 0.15) is 23.0 Å². The first-order valence-corrected chi connectivity index (χ1v) is 7.71. The van der Waals surface area contributed by atoms with Gasteiger partial charge >= 0.3 is 5.97 Å². The molecular formula is C17H15F2N3O4. The second-order valence-electron chi connectivity index (χ2n) is 5.60. The van der Waals surface area contributed by atoms with E-state index in [4.69, 9.17) is 4.74 Å². The summed E-state index contributed by atoms with van der Waals surface area (Å²) in [5, 5.41) is 14.4. The minimum absolute atomic E-state index is 0.0113. The van der Waals surface area contributed by atoms with Gasteiger partial charge in [0.25, 0.3) is 5.56 Å². The van der Waals surface area contributed by atoms with Crippen molar-refractivity contribution in [2.75, 3.05) is 6.61 Å². The normalized spacial score (nSPS) is 11.1. The predicted molar refractivity (Wildman–Crippen MR) is 88.1 cm³/mol. The number of hydrogen-bond donors (Lipinski definition) is 1. The van der Waals surface area contributed by atoms with Gasteiger partial charge in [0.1, 0.15) is 11.6 Å². The number of esters is 1. The quantitative estimate of drug-likeness (QED) is 0.721. The molecule has 0 unspecified atom stereocenters. The molecule has 0 fully saturated rings. The van der Waals surface area contributed by atoms with Gasteiger partial charge in [-0.1, -0.05) is 0 Å². The molecule has 0 aliphatic heterocycles. The van der Waals surface area contributed by atoms with Crippen molar-refractivity contribution in [2.24, 2.45) is 7.05 Å². The zero-order valence-electron chi connectivity index (χ0n) is 14.2. The van der Waals surface area contributed by atoms with Crippen LogP contribution in [0.3, 0.4) is 0 Å². The first kappa shape index (κ1) is 17.6. The fraction of sp³-hybridized carbons (Fsp3) is 0.235. The second-order valence-corrected chi connectivity index (χ2v) is 5.60. The number of ether oxygens (including phenoxy) is 1. The number of hydrogen-bond acceptors (Lipinski definition) is 5. The Labute approximate surface area is 146 Å². The molecule has 0 saturated carbocycles. The molecule has 0 atom stereocenters. The van der Waals surface area contributed by atoms with E-state index in [0.29, 0.717) is 6.07 Å². The van der Waals surface area contributed by atoms with Crippen LogP contribution in [-0.4, -0.2) is 31.9 Å². The molecule has 1 N–H and O–H groups in total. The Morgan fingerprint density at radius 3 is 2.65 bits per heavy atom. The smallest absolute Gasteiger partial charge is 0.349 e. The third-order valence-corrected chi connectivity index (χ3v) is 3.98. The lowest BCUT2D eigenvalue weighted by Gasteiger charge is -2.11. The van der Waals surface area contributed by atoms with Crippen molar-refractivity contribution in [3.8, 4) is 17.0 Å². The highest BCUT2D eigenvalue weighted by Gasteiger charge is 2.27. The van der Waals surface area contributed by atoms with E-state index in [1.54, 1.807) is 6.92 Å². The molecule has 0 saturated heterocycles. The molecule has 0 aliphatic rings. The number of benzene rings is 1. The van der Waals surface area contributed by atoms with Crippen LogP contribution in [0.25, 0.3) is 16.8 Å². The molecule has 0 spiro atoms. The topological polar surface area (TPSA) is 85.8 Å². The van der Waals surface area contributed by atoms with Gasteiger partial charge in [0.15, 0.2) is 11.2 Å². The monoisotopic (exact) mass is 363 g/mol. The van der Waals surface area contributed by atoms with Crippen LogP contribution in [0.4, 0.5) is 8.78 Å². The van der Waals surface area contributed by atoms with Crippen LogP contribution in [0.5, 0.6) is 5.88 Å². The van der Waals surface area contributed by atoms with Gasteiger partial charge in [0.2, 0.25) is 5.88 Å². The van der Waals surface area contributed by atoms with Gasteiger partial charge in [-0.05, 0) is 26.0 Å². The minimum atomic E-state index is -0.991. The molecule has 3 rings (SSSR count). The highest BCUT2D eigenvalue weighted by molar-refractivity contribution is 5.92. The Morgan fingerprint density at radius 1 is 1.35 bits per heavy atom. The number of rotatable bonds is 3. The van der Waals surface area contributed by atoms with Crippen molar-refractivity contribution in [2.45, 2.75) is 13.8 Å². The van der Waals surface area contributed by atoms with Gasteiger partial charge in [-0.15, -0.1) is 0 Å². The summed E-state index contributed by atoms with van der Waals surface area (Å²) in [6, 6.07) is 3.00. The number of nitrogens with zero attached hydrogens (tertiary/aromatic N) is 3. The summed E-state index contributed by atoms with van der Waals surface area (Å²) in [6.45, 7) is 3.11. The molecule has 7 nitrogen and oxygen atoms in total. The van der Waals surface area contributed by atoms with E-state index in [1.165, 1.54) is 20.0 Å². The SMILES string of the molecule is CCOC(=O)c1c(O)n(C)c2c(-c3ccc(F)cc3F)c(C)nn2c1=O. The lowest BCUT2D eigenvalue weighted by atomic mass is 10.1. The number of aromatic nitrogens is 3. The summed E-state index contributed by atoms with van der Waals surface area (Å²) in [7, 11) is 1.39. The summed E-state index contributed by atoms with van der Waals surface area (Å²) in [5.41, 5.74) is -0.932. The zero-order chi connectivity index (χ0) is 19.2. The maximum Gasteiger partial charge on any atom is 0.349 e. The van der Waals surface area contributed by atoms with E-state index in [9.17, 15) is 23.5 Å². The number of carbonyl (C=O) groups is 1. The Hall–Kier alpha value is -3.23. The Kier molecular flexibility index (Phi) is 4.23. The molecule has 9 heteroatoms. The van der Waals surface area contributed by atoms with Crippen molar-refractivity contribution < 1.29 is 23.4 Å². The summed E-state index contributed by atoms with van der Waals surface area (Å²) in [6.07, 6.45) is 0. The van der Waals surface area contributed by atoms with Crippen molar-refractivity contribution in [1.29, 1.82) is 0 Å². The number of carbonyl (C=O) groups excluding carboxylic acids is 1. The fourth-order valence-electron chi connectivity index (χ4n) is 2.83. The maximum absolute atomic E-state index is 14.3. The van der Waals surface area contributed by atoms with E-state index in [1.807, 2.05) is 0 Å². The molecular weight excluding hydrogens is 348 g/mol. The standard InChI is InChI=1S/C17H15F2N3O4/c1-4-26-17(25)13-15(23)21(3)14-12(8(2)20-22(14)16(13)24)10-6-5-9(18)7-11(10)19/h5-7,23H,4H2,1-3H3. The minimum Gasteiger partial charge on any atom is -0.494 e. The van der Waals surface area contributed by atoms with E-state index < -0.39 is 34.6 Å². The van der Waals surface area contributed by atoms with Crippen molar-refractivity contribution >= 4 is 11.6 Å². The maximum atomic E-state index is 14.3. The number of aryl methyl sites for hydroxylation is 2. The highest BCUT2D eigenvalue weighted by atomic mass is 19.1. The van der Waals surface area contributed by atoms with Gasteiger partial charge in [-0.25, -0.2) is 13.6 Å². The van der Waals surface area contributed by atoms with Crippen molar-refractivity contribution in [3.63, 3.8) is 0 Å². The molecule has 2 heterocycles. The first-order chi connectivity index (χ1) is 12.3. The van der Waals surface area contributed by atoms with Crippen LogP contribution in [-0.2, 0) is 11.8 Å². The van der Waals surface area contributed by atoms with Crippen LogP contribution in [0.15, 0.2) is 23.0 Å². The lowest BCUT2D eigenvalue weighted by Crippen LogP contribution is -2.27. The van der Waals surface area contributed by atoms with Gasteiger partial charge in [-0.3, -0.25) is 9.36 Å². The molecule has 3 aromatic rings. The summed E-state index contributed by atoms with van der Waals surface area (Å²) in [4.78, 5) is 24.6. The van der Waals surface area contributed by atoms with Crippen molar-refractivity contribution in [3.05, 3.63) is 51.4 Å². The highest BCUT2D eigenvalue weighted by Crippen LogP contribution is 2.31. The Morgan fingerprint density at radius 2 is 2.04 bits per heavy atom. The fourth-order valence-corrected chi connectivity index (χ4v) is 2.83. The lowest BCUT2D eigenvalue weighted by molar-refractivity contribution is 0.0518. The van der Waals surface area contributed by atoms with Crippen LogP contribution in [0, 0.1) is 18.6 Å². The van der Waals surface area contributed by atoms with E-state index in [-0.39, 0.29) is 29.1 Å². The summed E-state index contributed by atoms with van der Waals surface area (Å²) < 4.78 is 34.3. The number of fused-ring (bicyclic) bond motifs is 1. The molecule has 0 bridgehead atoms. The number of aromatic hydroxyl groups is 1. The van der Waals surface area contributed by atoms with E-state index >= 15 is 0 Å². The average molecular weight is 363 g/mol. The molecule has 136 valence electrons. The third kappa shape index (κ3) is 2.52. The molecule has 26 heavy (non-hydrogen) atoms. The summed E-state index contributed by atoms with van der Waals surface area (Å²) >= 11 is 0. The Balaban J connectivity index is 2.40. The largest absolute Gasteiger partial charge is 0.494 e.